The fourth-order valence-electron chi connectivity index (χ4n) is 1.27. The molecule has 2 nitrogen and oxygen atoms in total. The summed E-state index contributed by atoms with van der Waals surface area (Å²) in [5.41, 5.74) is 0. The Kier molecular flexibility index (Phi) is 6.35. The van der Waals surface area contributed by atoms with E-state index in [1.165, 1.54) is 6.42 Å². The molecule has 2 unspecified atom stereocenters. The molecule has 2 heteroatoms. The molecule has 0 heterocycles. The van der Waals surface area contributed by atoms with Crippen molar-refractivity contribution in [1.82, 2.24) is 4.90 Å². The van der Waals surface area contributed by atoms with Gasteiger partial charge in [0.25, 0.3) is 0 Å². The minimum absolute atomic E-state index is 0.186. The number of hydrogen-bond donors (Lipinski definition) is 1. The van der Waals surface area contributed by atoms with Gasteiger partial charge in [-0.05, 0) is 18.9 Å². The van der Waals surface area contributed by atoms with Crippen molar-refractivity contribution >= 4 is 0 Å². The molecule has 13 heavy (non-hydrogen) atoms. The van der Waals surface area contributed by atoms with E-state index in [4.69, 9.17) is 0 Å². The van der Waals surface area contributed by atoms with Crippen LogP contribution in [0.1, 0.15) is 34.1 Å². The third-order valence-corrected chi connectivity index (χ3v) is 2.59. The van der Waals surface area contributed by atoms with Crippen LogP contribution in [0.15, 0.2) is 0 Å². The first-order chi connectivity index (χ1) is 5.97. The number of hydrogen-bond acceptors (Lipinski definition) is 2. The van der Waals surface area contributed by atoms with Crippen LogP contribution in [0.5, 0.6) is 0 Å². The number of aliphatic hydroxyl groups excluding tert-OH is 1. The highest BCUT2D eigenvalue weighted by molar-refractivity contribution is 4.66. The summed E-state index contributed by atoms with van der Waals surface area (Å²) in [4.78, 5) is 2.22. The van der Waals surface area contributed by atoms with Gasteiger partial charge in [0.1, 0.15) is 0 Å². The molecule has 0 bridgehead atoms. The Hall–Kier alpha value is -0.0800. The third kappa shape index (κ3) is 6.05. The van der Waals surface area contributed by atoms with Crippen molar-refractivity contribution in [3.8, 4) is 0 Å². The number of likely N-dealkylation sites (N-methyl/N-ethyl adjacent to an activating group) is 1. The summed E-state index contributed by atoms with van der Waals surface area (Å²) in [6.45, 7) is 10.4. The molecular weight excluding hydrogens is 162 g/mol. The zero-order chi connectivity index (χ0) is 10.4. The molecule has 0 aliphatic rings. The molecule has 0 rings (SSSR count). The van der Waals surface area contributed by atoms with Crippen LogP contribution in [-0.4, -0.2) is 36.2 Å². The average molecular weight is 187 g/mol. The number of rotatable bonds is 6. The van der Waals surface area contributed by atoms with Gasteiger partial charge in [-0.15, -0.1) is 0 Å². The van der Waals surface area contributed by atoms with Gasteiger partial charge in [-0.1, -0.05) is 34.1 Å². The molecule has 0 amide bonds. The van der Waals surface area contributed by atoms with E-state index in [1.807, 2.05) is 0 Å². The maximum absolute atomic E-state index is 9.64. The van der Waals surface area contributed by atoms with Gasteiger partial charge < -0.3 is 10.0 Å². The maximum atomic E-state index is 9.64. The highest BCUT2D eigenvalue weighted by Crippen LogP contribution is 2.06. The van der Waals surface area contributed by atoms with Gasteiger partial charge in [0.05, 0.1) is 6.10 Å². The lowest BCUT2D eigenvalue weighted by molar-refractivity contribution is 0.0812. The molecule has 0 aromatic carbocycles. The summed E-state index contributed by atoms with van der Waals surface area (Å²) in [5.74, 6) is 1.09. The van der Waals surface area contributed by atoms with Gasteiger partial charge in [-0.2, -0.15) is 0 Å². The second kappa shape index (κ2) is 6.39. The molecule has 0 aromatic rings. The molecule has 0 fully saturated rings. The van der Waals surface area contributed by atoms with Crippen molar-refractivity contribution in [2.45, 2.75) is 40.2 Å². The van der Waals surface area contributed by atoms with Crippen molar-refractivity contribution in [1.29, 1.82) is 0 Å². The SMILES string of the molecule is CCC(C)CN(C)CC(O)C(C)C. The lowest BCUT2D eigenvalue weighted by atomic mass is 10.1. The second-order valence-corrected chi connectivity index (χ2v) is 4.55. The molecule has 0 spiro atoms. The number of aliphatic hydroxyl groups is 1. The largest absolute Gasteiger partial charge is 0.392 e. The smallest absolute Gasteiger partial charge is 0.0689 e. The first kappa shape index (κ1) is 12.9. The summed E-state index contributed by atoms with van der Waals surface area (Å²) in [5, 5.41) is 9.64. The molecule has 0 aromatic heterocycles. The Labute approximate surface area is 82.9 Å². The molecule has 0 radical (unpaired) electrons. The Morgan fingerprint density at radius 1 is 1.15 bits per heavy atom. The van der Waals surface area contributed by atoms with Gasteiger partial charge in [-0.3, -0.25) is 0 Å². The lowest BCUT2D eigenvalue weighted by Gasteiger charge is -2.24. The van der Waals surface area contributed by atoms with Crippen LogP contribution >= 0.6 is 0 Å². The molecule has 1 N–H and O–H groups in total. The zero-order valence-electron chi connectivity index (χ0n) is 9.75. The van der Waals surface area contributed by atoms with E-state index >= 15 is 0 Å². The third-order valence-electron chi connectivity index (χ3n) is 2.59. The summed E-state index contributed by atoms with van der Waals surface area (Å²) < 4.78 is 0. The van der Waals surface area contributed by atoms with E-state index in [0.29, 0.717) is 5.92 Å². The number of nitrogens with zero attached hydrogens (tertiary/aromatic N) is 1. The van der Waals surface area contributed by atoms with Crippen molar-refractivity contribution in [3.05, 3.63) is 0 Å². The van der Waals surface area contributed by atoms with E-state index in [1.54, 1.807) is 0 Å². The van der Waals surface area contributed by atoms with Crippen LogP contribution in [-0.2, 0) is 0 Å². The Bertz CT molecular complexity index is 125. The van der Waals surface area contributed by atoms with Crippen LogP contribution in [0.4, 0.5) is 0 Å². The lowest BCUT2D eigenvalue weighted by Crippen LogP contribution is -2.34. The first-order valence-electron chi connectivity index (χ1n) is 5.34. The molecule has 0 saturated carbocycles. The average Bonchev–Trinajstić information content (AvgIpc) is 2.03. The van der Waals surface area contributed by atoms with Gasteiger partial charge in [0.2, 0.25) is 0 Å². The first-order valence-corrected chi connectivity index (χ1v) is 5.34. The standard InChI is InChI=1S/C11H25NO/c1-6-10(4)7-12(5)8-11(13)9(2)3/h9-11,13H,6-8H2,1-5H3. The second-order valence-electron chi connectivity index (χ2n) is 4.55. The van der Waals surface area contributed by atoms with Gasteiger partial charge in [0, 0.05) is 13.1 Å². The zero-order valence-corrected chi connectivity index (χ0v) is 9.75. The predicted molar refractivity (Wildman–Crippen MR) is 57.8 cm³/mol. The van der Waals surface area contributed by atoms with E-state index < -0.39 is 0 Å². The van der Waals surface area contributed by atoms with E-state index in [-0.39, 0.29) is 6.10 Å². The Balaban J connectivity index is 3.67. The van der Waals surface area contributed by atoms with Crippen LogP contribution < -0.4 is 0 Å². The van der Waals surface area contributed by atoms with Crippen molar-refractivity contribution in [2.75, 3.05) is 20.1 Å². The van der Waals surface area contributed by atoms with Crippen LogP contribution in [0, 0.1) is 11.8 Å². The summed E-state index contributed by atoms with van der Waals surface area (Å²) in [6, 6.07) is 0. The molecule has 0 saturated heterocycles. The predicted octanol–water partition coefficient (Wildman–Crippen LogP) is 1.98. The highest BCUT2D eigenvalue weighted by Gasteiger charge is 2.12. The Morgan fingerprint density at radius 2 is 1.69 bits per heavy atom. The van der Waals surface area contributed by atoms with E-state index in [2.05, 4.69) is 39.6 Å². The summed E-state index contributed by atoms with van der Waals surface area (Å²) >= 11 is 0. The van der Waals surface area contributed by atoms with Crippen LogP contribution in [0.3, 0.4) is 0 Å². The molecule has 2 atom stereocenters. The van der Waals surface area contributed by atoms with Crippen molar-refractivity contribution in [2.24, 2.45) is 11.8 Å². The monoisotopic (exact) mass is 187 g/mol. The molecule has 0 aliphatic heterocycles. The maximum Gasteiger partial charge on any atom is 0.0689 e. The normalized spacial score (nSPS) is 16.6. The summed E-state index contributed by atoms with van der Waals surface area (Å²) in [6.07, 6.45) is 1.02. The molecular formula is C11H25NO. The minimum Gasteiger partial charge on any atom is -0.392 e. The van der Waals surface area contributed by atoms with Gasteiger partial charge >= 0.3 is 0 Å². The van der Waals surface area contributed by atoms with Crippen molar-refractivity contribution < 1.29 is 5.11 Å². The molecule has 0 aliphatic carbocycles. The van der Waals surface area contributed by atoms with Crippen LogP contribution in [0.25, 0.3) is 0 Å². The van der Waals surface area contributed by atoms with Gasteiger partial charge in [0.15, 0.2) is 0 Å². The van der Waals surface area contributed by atoms with Crippen LogP contribution in [0.2, 0.25) is 0 Å². The van der Waals surface area contributed by atoms with Crippen molar-refractivity contribution in [3.63, 3.8) is 0 Å². The fourth-order valence-corrected chi connectivity index (χ4v) is 1.27. The van der Waals surface area contributed by atoms with Gasteiger partial charge in [-0.25, -0.2) is 0 Å². The van der Waals surface area contributed by atoms with E-state index in [0.717, 1.165) is 19.0 Å². The highest BCUT2D eigenvalue weighted by atomic mass is 16.3. The Morgan fingerprint density at radius 3 is 2.08 bits per heavy atom. The quantitative estimate of drug-likeness (QED) is 0.687. The fraction of sp³-hybridized carbons (Fsp3) is 1.00. The molecule has 80 valence electrons. The van der Waals surface area contributed by atoms with E-state index in [9.17, 15) is 5.11 Å². The minimum atomic E-state index is -0.186. The topological polar surface area (TPSA) is 23.5 Å². The summed E-state index contributed by atoms with van der Waals surface area (Å²) in [7, 11) is 2.08.